The van der Waals surface area contributed by atoms with E-state index in [1.54, 1.807) is 0 Å². The number of benzene rings is 1. The highest BCUT2D eigenvalue weighted by molar-refractivity contribution is 7.89. The number of nitrogens with zero attached hydrogens (tertiary/aromatic N) is 2. The first-order valence-corrected chi connectivity index (χ1v) is 7.67. The molecule has 1 aliphatic rings. The lowest BCUT2D eigenvalue weighted by Crippen LogP contribution is -2.33. The van der Waals surface area contributed by atoms with E-state index in [4.69, 9.17) is 0 Å². The molecule has 0 saturated heterocycles. The van der Waals surface area contributed by atoms with Crippen molar-refractivity contribution in [1.29, 1.82) is 0 Å². The number of fused-ring (bicyclic) bond motifs is 1. The van der Waals surface area contributed by atoms with Gasteiger partial charge >= 0.3 is 0 Å². The molecule has 0 spiro atoms. The van der Waals surface area contributed by atoms with Crippen molar-refractivity contribution in [2.45, 2.75) is 17.9 Å². The number of hydrogen-bond donors (Lipinski definition) is 1. The van der Waals surface area contributed by atoms with Gasteiger partial charge in [0.15, 0.2) is 5.03 Å². The average molecular weight is 277 g/mol. The number of hydrogen-bond acceptors (Lipinski definition) is 3. The largest absolute Gasteiger partial charge is 0.335 e. The summed E-state index contributed by atoms with van der Waals surface area (Å²) in [5, 5.41) is 0.165. The SMILES string of the molecule is O=S(=O)(c1cnc[nH]1)N1CCc2ccccc2CC1. The van der Waals surface area contributed by atoms with Crippen molar-refractivity contribution in [2.24, 2.45) is 0 Å². The van der Waals surface area contributed by atoms with Gasteiger partial charge in [0, 0.05) is 13.1 Å². The van der Waals surface area contributed by atoms with Gasteiger partial charge in [0.2, 0.25) is 0 Å². The van der Waals surface area contributed by atoms with Crippen LogP contribution in [0, 0.1) is 0 Å². The monoisotopic (exact) mass is 277 g/mol. The molecule has 0 amide bonds. The molecule has 1 aromatic carbocycles. The lowest BCUT2D eigenvalue weighted by atomic mass is 10.0. The van der Waals surface area contributed by atoms with Gasteiger partial charge in [-0.15, -0.1) is 0 Å². The molecule has 19 heavy (non-hydrogen) atoms. The molecular weight excluding hydrogens is 262 g/mol. The zero-order valence-corrected chi connectivity index (χ0v) is 11.2. The van der Waals surface area contributed by atoms with Gasteiger partial charge in [-0.3, -0.25) is 0 Å². The maximum atomic E-state index is 12.4. The van der Waals surface area contributed by atoms with E-state index in [2.05, 4.69) is 22.1 Å². The maximum Gasteiger partial charge on any atom is 0.260 e. The molecule has 0 saturated carbocycles. The summed E-state index contributed by atoms with van der Waals surface area (Å²) in [5.74, 6) is 0. The Morgan fingerprint density at radius 2 is 1.74 bits per heavy atom. The molecule has 0 radical (unpaired) electrons. The Balaban J connectivity index is 1.87. The van der Waals surface area contributed by atoms with Crippen LogP contribution >= 0.6 is 0 Å². The summed E-state index contributed by atoms with van der Waals surface area (Å²) < 4.78 is 26.3. The topological polar surface area (TPSA) is 66.1 Å². The summed E-state index contributed by atoms with van der Waals surface area (Å²) in [6.45, 7) is 1.02. The van der Waals surface area contributed by atoms with E-state index < -0.39 is 10.0 Å². The van der Waals surface area contributed by atoms with Gasteiger partial charge in [0.05, 0.1) is 12.5 Å². The van der Waals surface area contributed by atoms with Crippen LogP contribution in [0.4, 0.5) is 0 Å². The summed E-state index contributed by atoms with van der Waals surface area (Å²) in [7, 11) is -3.44. The molecule has 1 N–H and O–H groups in total. The van der Waals surface area contributed by atoms with Gasteiger partial charge in [-0.2, -0.15) is 4.31 Å². The molecule has 0 fully saturated rings. The average Bonchev–Trinajstić information content (AvgIpc) is 2.86. The van der Waals surface area contributed by atoms with E-state index >= 15 is 0 Å². The molecule has 1 aromatic heterocycles. The van der Waals surface area contributed by atoms with Crippen molar-refractivity contribution in [3.8, 4) is 0 Å². The van der Waals surface area contributed by atoms with Gasteiger partial charge in [-0.25, -0.2) is 13.4 Å². The molecule has 1 aliphatic heterocycles. The van der Waals surface area contributed by atoms with Crippen LogP contribution in [0.1, 0.15) is 11.1 Å². The van der Waals surface area contributed by atoms with Crippen molar-refractivity contribution in [1.82, 2.24) is 14.3 Å². The molecule has 0 aliphatic carbocycles. The third-order valence-corrected chi connectivity index (χ3v) is 5.29. The second-order valence-corrected chi connectivity index (χ2v) is 6.50. The first kappa shape index (κ1) is 12.4. The van der Waals surface area contributed by atoms with Gasteiger partial charge in [0.1, 0.15) is 0 Å². The lowest BCUT2D eigenvalue weighted by molar-refractivity contribution is 0.425. The van der Waals surface area contributed by atoms with Crippen molar-refractivity contribution < 1.29 is 8.42 Å². The van der Waals surface area contributed by atoms with Crippen LogP contribution in [-0.2, 0) is 22.9 Å². The fourth-order valence-corrected chi connectivity index (χ4v) is 3.75. The number of H-pyrrole nitrogens is 1. The Hall–Kier alpha value is -1.66. The minimum absolute atomic E-state index is 0.165. The van der Waals surface area contributed by atoms with Gasteiger partial charge in [-0.05, 0) is 24.0 Å². The van der Waals surface area contributed by atoms with Crippen LogP contribution in [0.5, 0.6) is 0 Å². The van der Waals surface area contributed by atoms with Crippen LogP contribution in [0.3, 0.4) is 0 Å². The Morgan fingerprint density at radius 1 is 1.11 bits per heavy atom. The smallest absolute Gasteiger partial charge is 0.260 e. The second-order valence-electron chi connectivity index (χ2n) is 4.59. The first-order valence-electron chi connectivity index (χ1n) is 6.23. The van der Waals surface area contributed by atoms with Crippen molar-refractivity contribution in [2.75, 3.05) is 13.1 Å². The maximum absolute atomic E-state index is 12.4. The highest BCUT2D eigenvalue weighted by atomic mass is 32.2. The minimum atomic E-state index is -3.44. The zero-order chi connectivity index (χ0) is 13.3. The third kappa shape index (κ3) is 2.29. The molecule has 0 unspecified atom stereocenters. The second kappa shape index (κ2) is 4.79. The Bertz CT molecular complexity index is 638. The van der Waals surface area contributed by atoms with E-state index in [-0.39, 0.29) is 5.03 Å². The van der Waals surface area contributed by atoms with E-state index in [0.29, 0.717) is 13.1 Å². The molecule has 100 valence electrons. The molecule has 2 aromatic rings. The summed E-state index contributed by atoms with van der Waals surface area (Å²) >= 11 is 0. The quantitative estimate of drug-likeness (QED) is 0.897. The van der Waals surface area contributed by atoms with Gasteiger partial charge in [0.25, 0.3) is 10.0 Å². The van der Waals surface area contributed by atoms with Crippen LogP contribution in [0.25, 0.3) is 0 Å². The molecule has 2 heterocycles. The van der Waals surface area contributed by atoms with Crippen molar-refractivity contribution >= 4 is 10.0 Å². The fourth-order valence-electron chi connectivity index (χ4n) is 2.41. The van der Waals surface area contributed by atoms with Crippen LogP contribution in [0.15, 0.2) is 41.8 Å². The highest BCUT2D eigenvalue weighted by Gasteiger charge is 2.27. The number of nitrogens with one attached hydrogen (secondary N) is 1. The normalized spacial score (nSPS) is 16.8. The molecular formula is C13H15N3O2S. The van der Waals surface area contributed by atoms with Crippen molar-refractivity contribution in [3.05, 3.63) is 47.9 Å². The van der Waals surface area contributed by atoms with Gasteiger partial charge < -0.3 is 4.98 Å². The van der Waals surface area contributed by atoms with Crippen molar-refractivity contribution in [3.63, 3.8) is 0 Å². The number of rotatable bonds is 2. The van der Waals surface area contributed by atoms with E-state index in [1.807, 2.05) is 12.1 Å². The number of sulfonamides is 1. The third-order valence-electron chi connectivity index (χ3n) is 3.47. The zero-order valence-electron chi connectivity index (χ0n) is 10.4. The Labute approximate surface area is 112 Å². The highest BCUT2D eigenvalue weighted by Crippen LogP contribution is 2.20. The number of aromatic nitrogens is 2. The molecule has 6 heteroatoms. The number of imidazole rings is 1. The van der Waals surface area contributed by atoms with Crippen LogP contribution in [-0.4, -0.2) is 35.8 Å². The van der Waals surface area contributed by atoms with Crippen LogP contribution in [0.2, 0.25) is 0 Å². The minimum Gasteiger partial charge on any atom is -0.335 e. The van der Waals surface area contributed by atoms with Gasteiger partial charge in [-0.1, -0.05) is 24.3 Å². The van der Waals surface area contributed by atoms with E-state index in [1.165, 1.54) is 28.0 Å². The first-order chi connectivity index (χ1) is 9.18. The predicted octanol–water partition coefficient (Wildman–Crippen LogP) is 1.20. The fraction of sp³-hybridized carbons (Fsp3) is 0.308. The molecule has 3 rings (SSSR count). The standard InChI is InChI=1S/C13H15N3O2S/c17-19(18,13-9-14-10-15-13)16-7-5-11-3-1-2-4-12(11)6-8-16/h1-4,9-10H,5-8H2,(H,14,15). The Morgan fingerprint density at radius 3 is 2.26 bits per heavy atom. The van der Waals surface area contributed by atoms with E-state index in [0.717, 1.165) is 12.8 Å². The van der Waals surface area contributed by atoms with Crippen LogP contribution < -0.4 is 0 Å². The summed E-state index contributed by atoms with van der Waals surface area (Å²) in [4.78, 5) is 6.46. The Kier molecular flexibility index (Phi) is 3.12. The summed E-state index contributed by atoms with van der Waals surface area (Å²) in [5.41, 5.74) is 2.48. The predicted molar refractivity (Wildman–Crippen MR) is 71.2 cm³/mol. The summed E-state index contributed by atoms with van der Waals surface area (Å²) in [6.07, 6.45) is 4.25. The molecule has 5 nitrogen and oxygen atoms in total. The summed E-state index contributed by atoms with van der Waals surface area (Å²) in [6, 6.07) is 8.14. The number of aromatic amines is 1. The molecule has 0 atom stereocenters. The molecule has 0 bridgehead atoms. The van der Waals surface area contributed by atoms with E-state index in [9.17, 15) is 8.42 Å². The lowest BCUT2D eigenvalue weighted by Gasteiger charge is -2.18.